The highest BCUT2D eigenvalue weighted by Gasteiger charge is 2.10. The summed E-state index contributed by atoms with van der Waals surface area (Å²) in [5, 5.41) is 2.76. The van der Waals surface area contributed by atoms with E-state index in [4.69, 9.17) is 5.84 Å². The highest BCUT2D eigenvalue weighted by Crippen LogP contribution is 2.17. The molecular weight excluding hydrogens is 242 g/mol. The Morgan fingerprint density at radius 3 is 2.72 bits per heavy atom. The minimum Gasteiger partial charge on any atom is -0.366 e. The summed E-state index contributed by atoms with van der Waals surface area (Å²) >= 11 is 0. The molecule has 0 saturated carbocycles. The Balaban J connectivity index is 2.00. The number of hydrogen-bond acceptors (Lipinski definition) is 5. The van der Waals surface area contributed by atoms with Crippen molar-refractivity contribution in [3.63, 3.8) is 0 Å². The van der Waals surface area contributed by atoms with Gasteiger partial charge in [0.15, 0.2) is 23.3 Å². The van der Waals surface area contributed by atoms with Crippen molar-refractivity contribution < 1.29 is 8.78 Å². The van der Waals surface area contributed by atoms with Crippen LogP contribution >= 0.6 is 0 Å². The van der Waals surface area contributed by atoms with E-state index in [1.807, 2.05) is 4.57 Å². The van der Waals surface area contributed by atoms with E-state index in [1.165, 1.54) is 0 Å². The van der Waals surface area contributed by atoms with Gasteiger partial charge in [-0.3, -0.25) is 0 Å². The van der Waals surface area contributed by atoms with Gasteiger partial charge >= 0.3 is 0 Å². The van der Waals surface area contributed by atoms with Crippen molar-refractivity contribution >= 4 is 11.6 Å². The third kappa shape index (κ3) is 2.72. The lowest BCUT2D eigenvalue weighted by Crippen LogP contribution is -2.15. The van der Waals surface area contributed by atoms with Gasteiger partial charge in [0.25, 0.3) is 0 Å². The van der Waals surface area contributed by atoms with E-state index in [0.29, 0.717) is 13.1 Å². The number of nitrogen functional groups attached to an aromatic ring is 1. The number of pyridine rings is 1. The van der Waals surface area contributed by atoms with Crippen molar-refractivity contribution in [2.24, 2.45) is 5.84 Å². The normalized spacial score (nSPS) is 10.4. The minimum atomic E-state index is -0.838. The Hall–Kier alpha value is -2.22. The van der Waals surface area contributed by atoms with Gasteiger partial charge in [0.1, 0.15) is 0 Å². The van der Waals surface area contributed by atoms with Crippen molar-refractivity contribution in [2.75, 3.05) is 17.3 Å². The predicted molar refractivity (Wildman–Crippen MR) is 62.7 cm³/mol. The largest absolute Gasteiger partial charge is 0.366 e. The van der Waals surface area contributed by atoms with Crippen LogP contribution in [0.25, 0.3) is 0 Å². The molecule has 0 aromatic carbocycles. The molecule has 0 aliphatic heterocycles. The summed E-state index contributed by atoms with van der Waals surface area (Å²) in [4.78, 5) is 7.56. The van der Waals surface area contributed by atoms with Crippen LogP contribution in [0.3, 0.4) is 0 Å². The Morgan fingerprint density at radius 2 is 2.06 bits per heavy atom. The van der Waals surface area contributed by atoms with E-state index < -0.39 is 11.6 Å². The molecule has 0 fully saturated rings. The zero-order chi connectivity index (χ0) is 13.0. The van der Waals surface area contributed by atoms with E-state index in [1.54, 1.807) is 18.7 Å². The summed E-state index contributed by atoms with van der Waals surface area (Å²) in [6.45, 7) is 1.01. The van der Waals surface area contributed by atoms with Gasteiger partial charge in [0.05, 0.1) is 6.33 Å². The average Bonchev–Trinajstić information content (AvgIpc) is 2.85. The molecule has 0 atom stereocenters. The molecule has 0 amide bonds. The van der Waals surface area contributed by atoms with Crippen molar-refractivity contribution in [3.8, 4) is 0 Å². The van der Waals surface area contributed by atoms with E-state index in [9.17, 15) is 8.78 Å². The molecule has 0 aliphatic rings. The first-order valence-electron chi connectivity index (χ1n) is 5.23. The van der Waals surface area contributed by atoms with Gasteiger partial charge in [-0.25, -0.2) is 24.6 Å². The van der Waals surface area contributed by atoms with E-state index in [0.717, 1.165) is 6.07 Å². The highest BCUT2D eigenvalue weighted by atomic mass is 19.1. The average molecular weight is 254 g/mol. The number of hydrogen-bond donors (Lipinski definition) is 3. The quantitative estimate of drug-likeness (QED) is 0.547. The fourth-order valence-corrected chi connectivity index (χ4v) is 1.41. The van der Waals surface area contributed by atoms with Crippen LogP contribution in [0.15, 0.2) is 24.8 Å². The van der Waals surface area contributed by atoms with E-state index in [-0.39, 0.29) is 11.6 Å². The van der Waals surface area contributed by atoms with Crippen molar-refractivity contribution in [2.45, 2.75) is 6.54 Å². The molecule has 96 valence electrons. The third-order valence-electron chi connectivity index (χ3n) is 2.29. The van der Waals surface area contributed by atoms with Crippen molar-refractivity contribution in [3.05, 3.63) is 36.4 Å². The SMILES string of the molecule is NNc1nc(NCCn2ccnc2)c(F)cc1F. The summed E-state index contributed by atoms with van der Waals surface area (Å²) in [6, 6.07) is 0.724. The summed E-state index contributed by atoms with van der Waals surface area (Å²) in [5.41, 5.74) is 2.06. The third-order valence-corrected chi connectivity index (χ3v) is 2.29. The molecule has 0 bridgehead atoms. The molecule has 6 nitrogen and oxygen atoms in total. The second-order valence-corrected chi connectivity index (χ2v) is 3.52. The van der Waals surface area contributed by atoms with Crippen LogP contribution < -0.4 is 16.6 Å². The maximum absolute atomic E-state index is 13.4. The summed E-state index contributed by atoms with van der Waals surface area (Å²) in [7, 11) is 0. The van der Waals surface area contributed by atoms with Crippen LogP contribution in [-0.4, -0.2) is 21.1 Å². The number of anilines is 2. The number of halogens is 2. The van der Waals surface area contributed by atoms with Crippen LogP contribution in [0.1, 0.15) is 0 Å². The standard InChI is InChI=1S/C10H12F2N6/c11-7-5-8(12)10(17-13)16-9(7)15-2-4-18-3-1-14-6-18/h1,3,5-6H,2,4,13H2,(H2,15,16,17). The maximum atomic E-state index is 13.4. The lowest BCUT2D eigenvalue weighted by atomic mass is 10.4. The molecule has 2 heterocycles. The van der Waals surface area contributed by atoms with Gasteiger partial charge in [0.2, 0.25) is 0 Å². The number of rotatable bonds is 5. The molecule has 0 saturated heterocycles. The van der Waals surface area contributed by atoms with Crippen LogP contribution in [0.5, 0.6) is 0 Å². The molecule has 2 aromatic heterocycles. The Morgan fingerprint density at radius 1 is 1.28 bits per heavy atom. The number of nitrogens with zero attached hydrogens (tertiary/aromatic N) is 3. The van der Waals surface area contributed by atoms with Gasteiger partial charge in [0, 0.05) is 31.5 Å². The topological polar surface area (TPSA) is 80.8 Å². The second kappa shape index (κ2) is 5.41. The Labute approximate surface area is 102 Å². The van der Waals surface area contributed by atoms with Gasteiger partial charge < -0.3 is 15.3 Å². The monoisotopic (exact) mass is 254 g/mol. The number of aromatic nitrogens is 3. The lowest BCUT2D eigenvalue weighted by Gasteiger charge is -2.09. The molecule has 0 aliphatic carbocycles. The summed E-state index contributed by atoms with van der Waals surface area (Å²) in [5.74, 6) is 3.20. The minimum absolute atomic E-state index is 0.0514. The maximum Gasteiger partial charge on any atom is 0.178 e. The Bertz CT molecular complexity index is 513. The number of nitrogens with one attached hydrogen (secondary N) is 2. The molecule has 18 heavy (non-hydrogen) atoms. The van der Waals surface area contributed by atoms with Crippen LogP contribution in [-0.2, 0) is 6.54 Å². The summed E-state index contributed by atoms with van der Waals surface area (Å²) < 4.78 is 28.3. The van der Waals surface area contributed by atoms with Crippen molar-refractivity contribution in [1.82, 2.24) is 14.5 Å². The molecule has 2 aromatic rings. The first-order chi connectivity index (χ1) is 8.70. The Kier molecular flexibility index (Phi) is 3.68. The smallest absolute Gasteiger partial charge is 0.178 e. The zero-order valence-corrected chi connectivity index (χ0v) is 9.40. The molecule has 2 rings (SSSR count). The molecule has 4 N–H and O–H groups in total. The number of imidazole rings is 1. The van der Waals surface area contributed by atoms with Gasteiger partial charge in [-0.15, -0.1) is 0 Å². The fraction of sp³-hybridized carbons (Fsp3) is 0.200. The summed E-state index contributed by atoms with van der Waals surface area (Å²) in [6.07, 6.45) is 5.07. The highest BCUT2D eigenvalue weighted by molar-refractivity contribution is 5.46. The molecular formula is C10H12F2N6. The predicted octanol–water partition coefficient (Wildman–Crippen LogP) is 0.954. The molecule has 8 heteroatoms. The fourth-order valence-electron chi connectivity index (χ4n) is 1.41. The second-order valence-electron chi connectivity index (χ2n) is 3.52. The van der Waals surface area contributed by atoms with Crippen LogP contribution in [0.4, 0.5) is 20.4 Å². The van der Waals surface area contributed by atoms with Crippen molar-refractivity contribution in [1.29, 1.82) is 0 Å². The van der Waals surface area contributed by atoms with Crippen LogP contribution in [0, 0.1) is 11.6 Å². The molecule has 0 radical (unpaired) electrons. The first-order valence-corrected chi connectivity index (χ1v) is 5.23. The van der Waals surface area contributed by atoms with Gasteiger partial charge in [-0.2, -0.15) is 0 Å². The van der Waals surface area contributed by atoms with E-state index >= 15 is 0 Å². The first kappa shape index (κ1) is 12.2. The number of hydrazine groups is 1. The van der Waals surface area contributed by atoms with Gasteiger partial charge in [-0.05, 0) is 0 Å². The number of nitrogens with two attached hydrogens (primary N) is 1. The van der Waals surface area contributed by atoms with Crippen LogP contribution in [0.2, 0.25) is 0 Å². The lowest BCUT2D eigenvalue weighted by molar-refractivity contribution is 0.577. The molecule has 0 spiro atoms. The van der Waals surface area contributed by atoms with Gasteiger partial charge in [-0.1, -0.05) is 0 Å². The van der Waals surface area contributed by atoms with E-state index in [2.05, 4.69) is 20.7 Å². The molecule has 0 unspecified atom stereocenters. The zero-order valence-electron chi connectivity index (χ0n) is 9.40.